The van der Waals surface area contributed by atoms with Crippen LogP contribution in [0.25, 0.3) is 0 Å². The predicted octanol–water partition coefficient (Wildman–Crippen LogP) is 2.74. The van der Waals surface area contributed by atoms with Crippen LogP contribution >= 0.6 is 0 Å². The molecule has 2 aromatic rings. The van der Waals surface area contributed by atoms with Crippen molar-refractivity contribution in [2.24, 2.45) is 0 Å². The molecule has 0 aliphatic carbocycles. The molecule has 2 aromatic carbocycles. The van der Waals surface area contributed by atoms with Crippen molar-refractivity contribution in [2.45, 2.75) is 24.3 Å². The number of carbonyl (C=O) groups is 1. The highest BCUT2D eigenvalue weighted by molar-refractivity contribution is 7.89. The summed E-state index contributed by atoms with van der Waals surface area (Å²) < 4.78 is 27.0. The van der Waals surface area contributed by atoms with E-state index in [2.05, 4.69) is 11.3 Å². The van der Waals surface area contributed by atoms with Gasteiger partial charge in [0.15, 0.2) is 0 Å². The summed E-state index contributed by atoms with van der Waals surface area (Å²) >= 11 is 0. The van der Waals surface area contributed by atoms with Crippen LogP contribution in [0.5, 0.6) is 0 Å². The number of rotatable bonds is 5. The number of amides is 1. The number of fused-ring (bicyclic) bond motifs is 1. The lowest BCUT2D eigenvalue weighted by atomic mass is 10.1. The van der Waals surface area contributed by atoms with Crippen molar-refractivity contribution in [3.05, 3.63) is 72.3 Å². The lowest BCUT2D eigenvalue weighted by Crippen LogP contribution is -2.35. The first-order valence-corrected chi connectivity index (χ1v) is 9.54. The van der Waals surface area contributed by atoms with Gasteiger partial charge < -0.3 is 4.90 Å². The number of carbonyl (C=O) groups excluding carboxylic acids is 1. The van der Waals surface area contributed by atoms with Crippen LogP contribution in [-0.2, 0) is 16.4 Å². The molecule has 1 amide bonds. The second-order valence-electron chi connectivity index (χ2n) is 6.03. The van der Waals surface area contributed by atoms with E-state index in [1.54, 1.807) is 29.2 Å². The van der Waals surface area contributed by atoms with Crippen LogP contribution in [0.3, 0.4) is 0 Å². The van der Waals surface area contributed by atoms with Gasteiger partial charge in [-0.1, -0.05) is 24.3 Å². The third kappa shape index (κ3) is 3.36. The molecule has 0 bridgehead atoms. The number of benzene rings is 2. The topological polar surface area (TPSA) is 66.5 Å². The molecule has 0 aromatic heterocycles. The van der Waals surface area contributed by atoms with Gasteiger partial charge in [0.2, 0.25) is 10.0 Å². The molecule has 3 rings (SSSR count). The molecule has 1 atom stereocenters. The van der Waals surface area contributed by atoms with E-state index in [0.29, 0.717) is 12.0 Å². The van der Waals surface area contributed by atoms with Crippen molar-refractivity contribution in [1.82, 2.24) is 4.72 Å². The number of anilines is 1. The summed E-state index contributed by atoms with van der Waals surface area (Å²) in [7, 11) is -3.58. The second-order valence-corrected chi connectivity index (χ2v) is 7.79. The lowest BCUT2D eigenvalue weighted by molar-refractivity contribution is 0.0981. The van der Waals surface area contributed by atoms with E-state index in [0.717, 1.165) is 11.3 Å². The molecule has 0 saturated carbocycles. The van der Waals surface area contributed by atoms with E-state index < -0.39 is 10.0 Å². The Bertz CT molecular complexity index is 908. The number of hydrogen-bond acceptors (Lipinski definition) is 3. The zero-order chi connectivity index (χ0) is 18.0. The third-order valence-electron chi connectivity index (χ3n) is 4.23. The summed E-state index contributed by atoms with van der Waals surface area (Å²) in [6.07, 6.45) is 2.12. The van der Waals surface area contributed by atoms with Crippen LogP contribution in [0.2, 0.25) is 0 Å². The van der Waals surface area contributed by atoms with Crippen molar-refractivity contribution in [3.63, 3.8) is 0 Å². The van der Waals surface area contributed by atoms with Crippen LogP contribution < -0.4 is 9.62 Å². The summed E-state index contributed by atoms with van der Waals surface area (Å²) in [5, 5.41) is 0. The van der Waals surface area contributed by atoms with E-state index in [4.69, 9.17) is 0 Å². The average Bonchev–Trinajstić information content (AvgIpc) is 2.95. The van der Waals surface area contributed by atoms with Gasteiger partial charge in [-0.15, -0.1) is 6.58 Å². The first-order valence-electron chi connectivity index (χ1n) is 8.06. The van der Waals surface area contributed by atoms with Gasteiger partial charge >= 0.3 is 0 Å². The van der Waals surface area contributed by atoms with Crippen LogP contribution in [0.4, 0.5) is 5.69 Å². The molecule has 0 unspecified atom stereocenters. The van der Waals surface area contributed by atoms with Crippen LogP contribution in [0, 0.1) is 0 Å². The summed E-state index contributed by atoms with van der Waals surface area (Å²) in [4.78, 5) is 14.8. The molecule has 6 heteroatoms. The maximum Gasteiger partial charge on any atom is 0.258 e. The fourth-order valence-corrected chi connectivity index (χ4v) is 4.10. The average molecular weight is 356 g/mol. The Kier molecular flexibility index (Phi) is 4.74. The zero-order valence-corrected chi connectivity index (χ0v) is 14.8. The van der Waals surface area contributed by atoms with Gasteiger partial charge in [-0.3, -0.25) is 4.79 Å². The molecule has 130 valence electrons. The minimum atomic E-state index is -3.58. The van der Waals surface area contributed by atoms with Crippen molar-refractivity contribution < 1.29 is 13.2 Å². The standard InChI is InChI=1S/C19H20N2O3S/c1-3-11-20-25(23,24)17-9-10-18-16(13-17)12-14(2)21(18)19(22)15-7-5-4-6-8-15/h3-10,13-14,20H,1,11-12H2,2H3/t14-/m1/s1. The van der Waals surface area contributed by atoms with E-state index in [-0.39, 0.29) is 23.4 Å². The van der Waals surface area contributed by atoms with Crippen LogP contribution in [-0.4, -0.2) is 26.9 Å². The predicted molar refractivity (Wildman–Crippen MR) is 98.2 cm³/mol. The van der Waals surface area contributed by atoms with E-state index in [1.165, 1.54) is 12.1 Å². The number of hydrogen-bond donors (Lipinski definition) is 1. The monoisotopic (exact) mass is 356 g/mol. The molecule has 1 aliphatic rings. The van der Waals surface area contributed by atoms with Gasteiger partial charge in [0, 0.05) is 23.8 Å². The Morgan fingerprint density at radius 1 is 1.28 bits per heavy atom. The molecule has 0 saturated heterocycles. The van der Waals surface area contributed by atoms with Gasteiger partial charge in [0.05, 0.1) is 4.90 Å². The first-order chi connectivity index (χ1) is 11.9. The van der Waals surface area contributed by atoms with E-state index in [9.17, 15) is 13.2 Å². The summed E-state index contributed by atoms with van der Waals surface area (Å²) in [5.41, 5.74) is 2.24. The van der Waals surface area contributed by atoms with E-state index >= 15 is 0 Å². The van der Waals surface area contributed by atoms with Crippen molar-refractivity contribution in [3.8, 4) is 0 Å². The van der Waals surface area contributed by atoms with E-state index in [1.807, 2.05) is 25.1 Å². The second kappa shape index (κ2) is 6.82. The Morgan fingerprint density at radius 2 is 2.00 bits per heavy atom. The summed E-state index contributed by atoms with van der Waals surface area (Å²) in [5.74, 6) is -0.0766. The highest BCUT2D eigenvalue weighted by atomic mass is 32.2. The molecule has 5 nitrogen and oxygen atoms in total. The first kappa shape index (κ1) is 17.4. The highest BCUT2D eigenvalue weighted by Gasteiger charge is 2.32. The molecule has 0 radical (unpaired) electrons. The lowest BCUT2D eigenvalue weighted by Gasteiger charge is -2.23. The van der Waals surface area contributed by atoms with Crippen LogP contribution in [0.1, 0.15) is 22.8 Å². The molecule has 1 heterocycles. The molecule has 0 fully saturated rings. The summed E-state index contributed by atoms with van der Waals surface area (Å²) in [6.45, 7) is 5.65. The van der Waals surface area contributed by atoms with Crippen molar-refractivity contribution >= 4 is 21.6 Å². The van der Waals surface area contributed by atoms with Crippen LogP contribution in [0.15, 0.2) is 66.1 Å². The molecule has 1 N–H and O–H groups in total. The third-order valence-corrected chi connectivity index (χ3v) is 5.66. The Balaban J connectivity index is 1.94. The summed E-state index contributed by atoms with van der Waals surface area (Å²) in [6, 6.07) is 14.0. The molecule has 1 aliphatic heterocycles. The minimum Gasteiger partial charge on any atom is -0.305 e. The normalized spacial score (nSPS) is 16.5. The van der Waals surface area contributed by atoms with Crippen molar-refractivity contribution in [1.29, 1.82) is 0 Å². The zero-order valence-electron chi connectivity index (χ0n) is 14.0. The van der Waals surface area contributed by atoms with Gasteiger partial charge in [-0.2, -0.15) is 0 Å². The van der Waals surface area contributed by atoms with Crippen molar-refractivity contribution in [2.75, 3.05) is 11.4 Å². The SMILES string of the molecule is C=CCNS(=O)(=O)c1ccc2c(c1)C[C@@H](C)N2C(=O)c1ccccc1. The Morgan fingerprint density at radius 3 is 2.68 bits per heavy atom. The molecular weight excluding hydrogens is 336 g/mol. The Hall–Kier alpha value is -2.44. The minimum absolute atomic E-state index is 0.0261. The van der Waals surface area contributed by atoms with Gasteiger partial charge in [0.25, 0.3) is 5.91 Å². The number of nitrogens with zero attached hydrogens (tertiary/aromatic N) is 1. The molecule has 25 heavy (non-hydrogen) atoms. The Labute approximate surface area is 148 Å². The molecular formula is C19H20N2O3S. The largest absolute Gasteiger partial charge is 0.305 e. The van der Waals surface area contributed by atoms with Gasteiger partial charge in [-0.05, 0) is 49.2 Å². The smallest absolute Gasteiger partial charge is 0.258 e. The quantitative estimate of drug-likeness (QED) is 0.838. The molecule has 0 spiro atoms. The number of nitrogens with one attached hydrogen (secondary N) is 1. The highest BCUT2D eigenvalue weighted by Crippen LogP contribution is 2.34. The van der Waals surface area contributed by atoms with Gasteiger partial charge in [-0.25, -0.2) is 13.1 Å². The number of sulfonamides is 1. The fourth-order valence-electron chi connectivity index (χ4n) is 3.06. The fraction of sp³-hybridized carbons (Fsp3) is 0.211. The van der Waals surface area contributed by atoms with Gasteiger partial charge in [0.1, 0.15) is 0 Å². The maximum atomic E-state index is 12.8. The maximum absolute atomic E-state index is 12.8.